The summed E-state index contributed by atoms with van der Waals surface area (Å²) in [6.07, 6.45) is -2.36. The highest BCUT2D eigenvalue weighted by Crippen LogP contribution is 2.18. The van der Waals surface area contributed by atoms with E-state index in [1.807, 2.05) is 0 Å². The van der Waals surface area contributed by atoms with Gasteiger partial charge in [-0.05, 0) is 53.2 Å². The molecule has 0 spiro atoms. The smallest absolute Gasteiger partial charge is 0.401 e. The first kappa shape index (κ1) is 20.2. The van der Waals surface area contributed by atoms with Gasteiger partial charge in [0.2, 0.25) is 0 Å². The number of nitrogens with one attached hydrogen (secondary N) is 1. The number of likely N-dealkylation sites (N-methyl/N-ethyl adjacent to an activating group) is 1. The molecular weight excluding hydrogens is 285 g/mol. The Bertz CT molecular complexity index is 311. The van der Waals surface area contributed by atoms with Crippen molar-refractivity contribution in [2.75, 3.05) is 33.3 Å². The maximum absolute atomic E-state index is 12.3. The third-order valence-corrected chi connectivity index (χ3v) is 3.53. The van der Waals surface area contributed by atoms with E-state index in [0.717, 1.165) is 0 Å². The molecule has 0 aliphatic carbocycles. The molecular formula is C14H27F3N2O2. The summed E-state index contributed by atoms with van der Waals surface area (Å²) in [5.41, 5.74) is -0.781. The standard InChI is InChI=1S/C14H27F3N2O2/c1-5-19(11-14(15,16)17)10-8-7-9-13(3,18-4)12(20)21-6-2/h18H,5-11H2,1-4H3. The van der Waals surface area contributed by atoms with Gasteiger partial charge < -0.3 is 10.1 Å². The van der Waals surface area contributed by atoms with E-state index in [1.165, 1.54) is 4.90 Å². The number of rotatable bonds is 10. The average molecular weight is 312 g/mol. The van der Waals surface area contributed by atoms with E-state index in [2.05, 4.69) is 5.32 Å². The summed E-state index contributed by atoms with van der Waals surface area (Å²) in [4.78, 5) is 13.2. The second kappa shape index (κ2) is 9.25. The summed E-state index contributed by atoms with van der Waals surface area (Å²) in [7, 11) is 1.68. The molecule has 0 aromatic heterocycles. The second-order valence-electron chi connectivity index (χ2n) is 5.24. The zero-order chi connectivity index (χ0) is 16.5. The number of ether oxygens (including phenoxy) is 1. The van der Waals surface area contributed by atoms with Gasteiger partial charge in [-0.2, -0.15) is 13.2 Å². The number of hydrogen-bond donors (Lipinski definition) is 1. The molecule has 0 aliphatic heterocycles. The van der Waals surface area contributed by atoms with Crippen molar-refractivity contribution in [1.29, 1.82) is 0 Å². The van der Waals surface area contributed by atoms with Crippen molar-refractivity contribution in [2.24, 2.45) is 0 Å². The Kier molecular flexibility index (Phi) is 8.89. The average Bonchev–Trinajstić information content (AvgIpc) is 2.40. The number of carbonyl (C=O) groups is 1. The highest BCUT2D eigenvalue weighted by molar-refractivity contribution is 5.80. The number of unbranched alkanes of at least 4 members (excludes halogenated alkanes) is 1. The van der Waals surface area contributed by atoms with Crippen LogP contribution in [0.25, 0.3) is 0 Å². The summed E-state index contributed by atoms with van der Waals surface area (Å²) in [5, 5.41) is 2.94. The molecule has 0 radical (unpaired) electrons. The van der Waals surface area contributed by atoms with Gasteiger partial charge in [-0.25, -0.2) is 0 Å². The number of carbonyl (C=O) groups excluding carboxylic acids is 1. The molecule has 1 unspecified atom stereocenters. The molecule has 0 rings (SSSR count). The van der Waals surface area contributed by atoms with E-state index in [1.54, 1.807) is 27.8 Å². The van der Waals surface area contributed by atoms with Gasteiger partial charge in [0.05, 0.1) is 13.2 Å². The molecule has 0 amide bonds. The zero-order valence-electron chi connectivity index (χ0n) is 13.3. The van der Waals surface area contributed by atoms with Crippen LogP contribution in [0.4, 0.5) is 13.2 Å². The topological polar surface area (TPSA) is 41.6 Å². The molecule has 1 atom stereocenters. The first-order valence-electron chi connectivity index (χ1n) is 7.33. The van der Waals surface area contributed by atoms with Crippen LogP contribution in [-0.2, 0) is 9.53 Å². The predicted molar refractivity (Wildman–Crippen MR) is 76.1 cm³/mol. The fourth-order valence-corrected chi connectivity index (χ4v) is 2.04. The van der Waals surface area contributed by atoms with E-state index < -0.39 is 18.3 Å². The number of nitrogens with zero attached hydrogens (tertiary/aromatic N) is 1. The van der Waals surface area contributed by atoms with E-state index in [9.17, 15) is 18.0 Å². The zero-order valence-corrected chi connectivity index (χ0v) is 13.3. The normalized spacial score (nSPS) is 15.0. The van der Waals surface area contributed by atoms with Crippen LogP contribution >= 0.6 is 0 Å². The van der Waals surface area contributed by atoms with Gasteiger partial charge in [0.25, 0.3) is 0 Å². The molecule has 0 saturated heterocycles. The van der Waals surface area contributed by atoms with Crippen LogP contribution in [0.3, 0.4) is 0 Å². The molecule has 0 fully saturated rings. The van der Waals surface area contributed by atoms with Crippen LogP contribution in [0.2, 0.25) is 0 Å². The van der Waals surface area contributed by atoms with Gasteiger partial charge in [-0.1, -0.05) is 6.92 Å². The van der Waals surface area contributed by atoms with Gasteiger partial charge in [0, 0.05) is 0 Å². The monoisotopic (exact) mass is 312 g/mol. The van der Waals surface area contributed by atoms with Crippen molar-refractivity contribution < 1.29 is 22.7 Å². The van der Waals surface area contributed by atoms with Crippen molar-refractivity contribution >= 4 is 5.97 Å². The summed E-state index contributed by atoms with van der Waals surface area (Å²) < 4.78 is 42.0. The maximum Gasteiger partial charge on any atom is 0.401 e. The van der Waals surface area contributed by atoms with E-state index in [-0.39, 0.29) is 5.97 Å². The minimum Gasteiger partial charge on any atom is -0.465 e. The van der Waals surface area contributed by atoms with Gasteiger partial charge >= 0.3 is 12.1 Å². The summed E-state index contributed by atoms with van der Waals surface area (Å²) >= 11 is 0. The van der Waals surface area contributed by atoms with Crippen LogP contribution < -0.4 is 5.32 Å². The lowest BCUT2D eigenvalue weighted by molar-refractivity contribution is -0.150. The number of esters is 1. The van der Waals surface area contributed by atoms with Crippen LogP contribution in [0.15, 0.2) is 0 Å². The molecule has 0 bridgehead atoms. The van der Waals surface area contributed by atoms with Gasteiger partial charge in [-0.15, -0.1) is 0 Å². The number of hydrogen-bond acceptors (Lipinski definition) is 4. The van der Waals surface area contributed by atoms with E-state index >= 15 is 0 Å². The first-order valence-corrected chi connectivity index (χ1v) is 7.33. The first-order chi connectivity index (χ1) is 9.68. The molecule has 126 valence electrons. The fraction of sp³-hybridized carbons (Fsp3) is 0.929. The molecule has 4 nitrogen and oxygen atoms in total. The van der Waals surface area contributed by atoms with Gasteiger partial charge in [0.15, 0.2) is 0 Å². The van der Waals surface area contributed by atoms with Gasteiger partial charge in [0.1, 0.15) is 5.54 Å². The molecule has 0 aliphatic rings. The van der Waals surface area contributed by atoms with Crippen LogP contribution in [0.5, 0.6) is 0 Å². The number of halogens is 3. The van der Waals surface area contributed by atoms with E-state index in [4.69, 9.17) is 4.74 Å². The quantitative estimate of drug-likeness (QED) is 0.497. The molecule has 0 heterocycles. The minimum absolute atomic E-state index is 0.311. The third kappa shape index (κ3) is 8.26. The Hall–Kier alpha value is -0.820. The van der Waals surface area contributed by atoms with Crippen molar-refractivity contribution in [3.05, 3.63) is 0 Å². The summed E-state index contributed by atoms with van der Waals surface area (Å²) in [6.45, 7) is 5.36. The molecule has 0 saturated carbocycles. The van der Waals surface area contributed by atoms with Crippen molar-refractivity contribution in [1.82, 2.24) is 10.2 Å². The maximum atomic E-state index is 12.3. The summed E-state index contributed by atoms with van der Waals surface area (Å²) in [6, 6.07) is 0. The Labute approximate surface area is 125 Å². The predicted octanol–water partition coefficient (Wildman–Crippen LogP) is 2.58. The largest absolute Gasteiger partial charge is 0.465 e. The van der Waals surface area contributed by atoms with Gasteiger partial charge in [-0.3, -0.25) is 9.69 Å². The molecule has 7 heteroatoms. The van der Waals surface area contributed by atoms with Crippen molar-refractivity contribution in [3.63, 3.8) is 0 Å². The second-order valence-corrected chi connectivity index (χ2v) is 5.24. The molecule has 0 aromatic rings. The van der Waals surface area contributed by atoms with Crippen molar-refractivity contribution in [3.8, 4) is 0 Å². The fourth-order valence-electron chi connectivity index (χ4n) is 2.04. The highest BCUT2D eigenvalue weighted by atomic mass is 19.4. The van der Waals surface area contributed by atoms with E-state index in [0.29, 0.717) is 39.0 Å². The lowest BCUT2D eigenvalue weighted by atomic mass is 9.95. The highest BCUT2D eigenvalue weighted by Gasteiger charge is 2.33. The Morgan fingerprint density at radius 1 is 1.24 bits per heavy atom. The van der Waals surface area contributed by atoms with Crippen molar-refractivity contribution in [2.45, 2.75) is 51.7 Å². The lowest BCUT2D eigenvalue weighted by Gasteiger charge is -2.27. The van der Waals surface area contributed by atoms with Crippen LogP contribution in [0.1, 0.15) is 40.0 Å². The SMILES string of the molecule is CCOC(=O)C(C)(CCCCN(CC)CC(F)(F)F)NC. The third-order valence-electron chi connectivity index (χ3n) is 3.53. The summed E-state index contributed by atoms with van der Waals surface area (Å²) in [5.74, 6) is -0.324. The van der Waals surface area contributed by atoms with Crippen LogP contribution in [-0.4, -0.2) is 55.9 Å². The molecule has 0 aromatic carbocycles. The molecule has 21 heavy (non-hydrogen) atoms. The molecule has 1 N–H and O–H groups in total. The Balaban J connectivity index is 4.19. The Morgan fingerprint density at radius 3 is 2.29 bits per heavy atom. The Morgan fingerprint density at radius 2 is 1.86 bits per heavy atom. The number of alkyl halides is 3. The lowest BCUT2D eigenvalue weighted by Crippen LogP contribution is -2.48. The minimum atomic E-state index is -4.17. The van der Waals surface area contributed by atoms with Crippen LogP contribution in [0, 0.1) is 0 Å².